The van der Waals surface area contributed by atoms with E-state index in [1.165, 1.54) is 5.57 Å². The molecule has 0 aromatic heterocycles. The lowest BCUT2D eigenvalue weighted by Gasteiger charge is -2.71. The van der Waals surface area contributed by atoms with Gasteiger partial charge in [0.05, 0.1) is 12.2 Å². The molecule has 0 spiro atoms. The Hall–Kier alpha value is -0.960. The molecule has 3 N–H and O–H groups in total. The summed E-state index contributed by atoms with van der Waals surface area (Å²) in [5, 5.41) is 22.3. The van der Waals surface area contributed by atoms with E-state index in [2.05, 4.69) is 54.5 Å². The molecule has 4 saturated carbocycles. The third-order valence-electron chi connectivity index (χ3n) is 13.3. The number of carbonyl (C=O) groups is 1. The first-order valence-electron chi connectivity index (χ1n) is 14.5. The van der Waals surface area contributed by atoms with Crippen LogP contribution in [0, 0.1) is 50.2 Å². The molecule has 0 aromatic carbocycles. The van der Waals surface area contributed by atoms with E-state index in [1.54, 1.807) is 0 Å². The van der Waals surface area contributed by atoms with Crippen LogP contribution in [0.3, 0.4) is 0 Å². The maximum absolute atomic E-state index is 12.9. The Bertz CT molecular complexity index is 1160. The van der Waals surface area contributed by atoms with Crippen LogP contribution in [-0.4, -0.2) is 41.4 Å². The fourth-order valence-corrected chi connectivity index (χ4v) is 11.7. The van der Waals surface area contributed by atoms with Gasteiger partial charge < -0.3 is 10.2 Å². The third kappa shape index (κ3) is 3.68. The molecule has 0 aliphatic heterocycles. The average Bonchev–Trinajstić information content (AvgIpc) is 2.75. The number of hydrogen-bond donors (Lipinski definition) is 3. The van der Waals surface area contributed by atoms with Crippen molar-refractivity contribution in [2.24, 2.45) is 50.2 Å². The van der Waals surface area contributed by atoms with Gasteiger partial charge in [0, 0.05) is 0 Å². The minimum Gasteiger partial charge on any atom is -0.481 e. The zero-order valence-electron chi connectivity index (χ0n) is 24.2. The van der Waals surface area contributed by atoms with E-state index in [4.69, 9.17) is 4.18 Å². The number of allylic oxidation sites excluding steroid dienone is 2. The van der Waals surface area contributed by atoms with Crippen molar-refractivity contribution in [1.82, 2.24) is 0 Å². The molecule has 7 nitrogen and oxygen atoms in total. The van der Waals surface area contributed by atoms with Gasteiger partial charge >= 0.3 is 16.4 Å². The molecule has 9 atom stereocenters. The van der Waals surface area contributed by atoms with Gasteiger partial charge in [0.25, 0.3) is 0 Å². The van der Waals surface area contributed by atoms with Gasteiger partial charge in [0.15, 0.2) is 0 Å². The summed E-state index contributed by atoms with van der Waals surface area (Å²) >= 11 is 0. The molecule has 5 rings (SSSR count). The van der Waals surface area contributed by atoms with Gasteiger partial charge in [-0.15, -0.1) is 0 Å². The number of carboxylic acids is 1. The smallest absolute Gasteiger partial charge is 0.397 e. The summed E-state index contributed by atoms with van der Waals surface area (Å²) in [4.78, 5) is 12.9. The summed E-state index contributed by atoms with van der Waals surface area (Å²) < 4.78 is 37.9. The van der Waals surface area contributed by atoms with Gasteiger partial charge in [-0.25, -0.2) is 4.18 Å². The van der Waals surface area contributed by atoms with Gasteiger partial charge in [0.1, 0.15) is 5.41 Å². The highest BCUT2D eigenvalue weighted by atomic mass is 32.3. The lowest BCUT2D eigenvalue weighted by molar-refractivity contribution is -0.216. The molecule has 0 amide bonds. The minimum atomic E-state index is -4.54. The first-order chi connectivity index (χ1) is 17.2. The van der Waals surface area contributed by atoms with E-state index in [9.17, 15) is 28.0 Å². The van der Waals surface area contributed by atoms with Gasteiger partial charge in [0.2, 0.25) is 0 Å². The Morgan fingerprint density at radius 2 is 1.61 bits per heavy atom. The lowest BCUT2D eigenvalue weighted by Crippen LogP contribution is -2.67. The van der Waals surface area contributed by atoms with Gasteiger partial charge in [-0.2, -0.15) is 8.42 Å². The molecular weight excluding hydrogens is 504 g/mol. The largest absolute Gasteiger partial charge is 0.481 e. The minimum absolute atomic E-state index is 0.0271. The van der Waals surface area contributed by atoms with Crippen molar-refractivity contribution in [3.8, 4) is 0 Å². The van der Waals surface area contributed by atoms with E-state index < -0.39 is 39.4 Å². The molecular formula is C30H48O7S. The summed E-state index contributed by atoms with van der Waals surface area (Å²) in [7, 11) is -4.54. The number of aliphatic carboxylic acids is 1. The molecule has 0 radical (unpaired) electrons. The molecule has 0 saturated heterocycles. The second-order valence-corrected chi connectivity index (χ2v) is 16.7. The summed E-state index contributed by atoms with van der Waals surface area (Å²) in [6.07, 6.45) is 7.53. The molecule has 216 valence electrons. The first-order valence-corrected chi connectivity index (χ1v) is 15.9. The summed E-state index contributed by atoms with van der Waals surface area (Å²) in [5.41, 5.74) is -0.765. The number of rotatable bonds is 3. The maximum Gasteiger partial charge on any atom is 0.397 e. The van der Waals surface area contributed by atoms with Crippen LogP contribution in [0.4, 0.5) is 0 Å². The van der Waals surface area contributed by atoms with E-state index >= 15 is 0 Å². The Morgan fingerprint density at radius 1 is 0.947 bits per heavy atom. The fourth-order valence-electron chi connectivity index (χ4n) is 11.0. The summed E-state index contributed by atoms with van der Waals surface area (Å²) in [6, 6.07) is 0. The average molecular weight is 553 g/mol. The highest BCUT2D eigenvalue weighted by Crippen LogP contribution is 2.75. The van der Waals surface area contributed by atoms with Crippen LogP contribution < -0.4 is 0 Å². The fraction of sp³-hybridized carbons (Fsp3) is 0.900. The molecule has 0 bridgehead atoms. The number of hydrogen-bond acceptors (Lipinski definition) is 5. The molecule has 0 heterocycles. The van der Waals surface area contributed by atoms with Crippen LogP contribution in [0.2, 0.25) is 0 Å². The molecule has 38 heavy (non-hydrogen) atoms. The van der Waals surface area contributed by atoms with Crippen molar-refractivity contribution in [3.63, 3.8) is 0 Å². The predicted molar refractivity (Wildman–Crippen MR) is 144 cm³/mol. The summed E-state index contributed by atoms with van der Waals surface area (Å²) in [5.74, 6) is -0.492. The number of fused-ring (bicyclic) bond motifs is 7. The predicted octanol–water partition coefficient (Wildman–Crippen LogP) is 6.03. The Morgan fingerprint density at radius 3 is 2.21 bits per heavy atom. The van der Waals surface area contributed by atoms with Crippen LogP contribution in [0.15, 0.2) is 11.6 Å². The lowest BCUT2D eigenvalue weighted by atomic mass is 9.33. The molecule has 5 aliphatic carbocycles. The van der Waals surface area contributed by atoms with Crippen molar-refractivity contribution in [3.05, 3.63) is 11.6 Å². The van der Waals surface area contributed by atoms with E-state index in [-0.39, 0.29) is 33.5 Å². The van der Waals surface area contributed by atoms with Crippen molar-refractivity contribution in [2.75, 3.05) is 0 Å². The second kappa shape index (κ2) is 8.29. The molecule has 4 fully saturated rings. The SMILES string of the molecule is CC1(C)CC[C@@]2(C(=O)O)C(C1)C1=CCC3[C@@]4(C)CC[C@H](OS(=O)(=O)O)C(C)(C)C4CC[C@@]3(C)[C@]1(C)C[C@H]2O. The third-order valence-corrected chi connectivity index (χ3v) is 13.7. The topological polar surface area (TPSA) is 121 Å². The number of aliphatic hydroxyl groups is 1. The van der Waals surface area contributed by atoms with E-state index in [0.29, 0.717) is 25.2 Å². The van der Waals surface area contributed by atoms with Gasteiger partial charge in [-0.3, -0.25) is 9.35 Å². The van der Waals surface area contributed by atoms with Crippen LogP contribution in [-0.2, 0) is 19.4 Å². The summed E-state index contributed by atoms with van der Waals surface area (Å²) in [6.45, 7) is 15.7. The second-order valence-electron chi connectivity index (χ2n) is 15.7. The van der Waals surface area contributed by atoms with Gasteiger partial charge in [-0.1, -0.05) is 60.1 Å². The van der Waals surface area contributed by atoms with Crippen molar-refractivity contribution in [2.45, 2.75) is 118 Å². The van der Waals surface area contributed by atoms with Crippen LogP contribution in [0.25, 0.3) is 0 Å². The Kier molecular flexibility index (Phi) is 6.23. The van der Waals surface area contributed by atoms with Crippen LogP contribution >= 0.6 is 0 Å². The molecule has 0 aromatic rings. The quantitative estimate of drug-likeness (QED) is 0.289. The zero-order valence-corrected chi connectivity index (χ0v) is 25.0. The van der Waals surface area contributed by atoms with Gasteiger partial charge in [-0.05, 0) is 103 Å². The first kappa shape index (κ1) is 28.6. The van der Waals surface area contributed by atoms with Crippen LogP contribution in [0.5, 0.6) is 0 Å². The van der Waals surface area contributed by atoms with Crippen molar-refractivity contribution < 1.29 is 32.2 Å². The number of carboxylic acid groups (broad SMARTS) is 1. The van der Waals surface area contributed by atoms with E-state index in [1.807, 2.05) is 0 Å². The van der Waals surface area contributed by atoms with Crippen molar-refractivity contribution in [1.29, 1.82) is 0 Å². The highest BCUT2D eigenvalue weighted by molar-refractivity contribution is 7.80. The normalized spacial score (nSPS) is 49.5. The monoisotopic (exact) mass is 552 g/mol. The Labute approximate surface area is 228 Å². The maximum atomic E-state index is 12.9. The van der Waals surface area contributed by atoms with Crippen molar-refractivity contribution >= 4 is 16.4 Å². The molecule has 5 aliphatic rings. The molecule has 3 unspecified atom stereocenters. The molecule has 8 heteroatoms. The number of aliphatic hydroxyl groups excluding tert-OH is 1. The standard InChI is InChI=1S/C30H48O7S/c1-25(2)14-15-30(24(32)33)19(16-25)18-8-9-21-27(5)12-11-23(37-38(34,35)36)26(3,4)20(27)10-13-28(21,6)29(18,7)17-22(30)31/h8,19-23,31H,9-17H2,1-7H3,(H,32,33)(H,34,35,36)/t19?,20?,21?,22-,23+,27+,28-,29-,30-/m1/s1. The zero-order chi connectivity index (χ0) is 28.3. The van der Waals surface area contributed by atoms with E-state index in [0.717, 1.165) is 38.5 Å². The Balaban J connectivity index is 1.58. The van der Waals surface area contributed by atoms with Crippen LogP contribution in [0.1, 0.15) is 106 Å². The highest BCUT2D eigenvalue weighted by Gasteiger charge is 2.71.